The number of rotatable bonds is 4. The molecule has 0 saturated carbocycles. The molecule has 4 aromatic heterocycles. The van der Waals surface area contributed by atoms with Gasteiger partial charge in [0.15, 0.2) is 5.65 Å². The summed E-state index contributed by atoms with van der Waals surface area (Å²) >= 11 is 0. The van der Waals surface area contributed by atoms with Crippen molar-refractivity contribution < 1.29 is 0 Å². The average Bonchev–Trinajstić information content (AvgIpc) is 3.28. The van der Waals surface area contributed by atoms with Crippen molar-refractivity contribution >= 4 is 5.65 Å². The summed E-state index contributed by atoms with van der Waals surface area (Å²) in [6, 6.07) is 4.08. The minimum Gasteiger partial charge on any atom is -0.322 e. The molecule has 0 bridgehead atoms. The van der Waals surface area contributed by atoms with Gasteiger partial charge in [-0.15, -0.1) is 0 Å². The highest BCUT2D eigenvalue weighted by atomic mass is 15.3. The number of aromatic nitrogens is 7. The SMILES string of the molecule is CCC(c1ccnn1C)n1ccnc1-c1cnn2cccnc12. The van der Waals surface area contributed by atoms with E-state index in [9.17, 15) is 0 Å². The Labute approximate surface area is 133 Å². The molecule has 7 nitrogen and oxygen atoms in total. The van der Waals surface area contributed by atoms with Crippen molar-refractivity contribution in [1.29, 1.82) is 0 Å². The summed E-state index contributed by atoms with van der Waals surface area (Å²) in [6.07, 6.45) is 12.1. The molecule has 0 amide bonds. The lowest BCUT2D eigenvalue weighted by atomic mass is 10.1. The van der Waals surface area contributed by atoms with Crippen LogP contribution in [-0.4, -0.2) is 33.9 Å². The fourth-order valence-corrected chi connectivity index (χ4v) is 3.02. The topological polar surface area (TPSA) is 65.8 Å². The first-order valence-corrected chi connectivity index (χ1v) is 7.59. The number of fused-ring (bicyclic) bond motifs is 1. The van der Waals surface area contributed by atoms with E-state index in [0.717, 1.165) is 29.1 Å². The van der Waals surface area contributed by atoms with E-state index in [4.69, 9.17) is 0 Å². The first kappa shape index (κ1) is 13.7. The molecule has 0 fully saturated rings. The molecular weight excluding hydrogens is 290 g/mol. The molecule has 23 heavy (non-hydrogen) atoms. The van der Waals surface area contributed by atoms with E-state index in [2.05, 4.69) is 31.7 Å². The molecule has 0 aliphatic carbocycles. The van der Waals surface area contributed by atoms with Crippen molar-refractivity contribution in [3.05, 3.63) is 55.0 Å². The van der Waals surface area contributed by atoms with Gasteiger partial charge in [0.25, 0.3) is 0 Å². The fourth-order valence-electron chi connectivity index (χ4n) is 3.02. The van der Waals surface area contributed by atoms with Gasteiger partial charge in [-0.3, -0.25) is 4.68 Å². The van der Waals surface area contributed by atoms with Crippen molar-refractivity contribution in [2.75, 3.05) is 0 Å². The fraction of sp³-hybridized carbons (Fsp3) is 0.250. The lowest BCUT2D eigenvalue weighted by molar-refractivity contribution is 0.523. The van der Waals surface area contributed by atoms with Crippen molar-refractivity contribution in [3.63, 3.8) is 0 Å². The van der Waals surface area contributed by atoms with Crippen LogP contribution in [0.3, 0.4) is 0 Å². The molecule has 0 radical (unpaired) electrons. The molecule has 0 aromatic carbocycles. The zero-order valence-corrected chi connectivity index (χ0v) is 13.0. The second kappa shape index (κ2) is 5.35. The molecular formula is C16H17N7. The Morgan fingerprint density at radius 1 is 1.09 bits per heavy atom. The highest BCUT2D eigenvalue weighted by Crippen LogP contribution is 2.29. The quantitative estimate of drug-likeness (QED) is 0.580. The van der Waals surface area contributed by atoms with Crippen LogP contribution in [0.15, 0.2) is 49.3 Å². The van der Waals surface area contributed by atoms with E-state index < -0.39 is 0 Å². The predicted molar refractivity (Wildman–Crippen MR) is 85.8 cm³/mol. The third kappa shape index (κ3) is 2.12. The highest BCUT2D eigenvalue weighted by Gasteiger charge is 2.21. The zero-order chi connectivity index (χ0) is 15.8. The highest BCUT2D eigenvalue weighted by molar-refractivity contribution is 5.72. The van der Waals surface area contributed by atoms with Crippen LogP contribution < -0.4 is 0 Å². The monoisotopic (exact) mass is 307 g/mol. The van der Waals surface area contributed by atoms with Crippen LogP contribution in [0.2, 0.25) is 0 Å². The van der Waals surface area contributed by atoms with Crippen LogP contribution in [0.25, 0.3) is 17.0 Å². The maximum Gasteiger partial charge on any atom is 0.165 e. The average molecular weight is 307 g/mol. The van der Waals surface area contributed by atoms with Gasteiger partial charge < -0.3 is 4.57 Å². The number of hydrogen-bond donors (Lipinski definition) is 0. The molecule has 4 heterocycles. The number of aryl methyl sites for hydroxylation is 1. The van der Waals surface area contributed by atoms with Crippen LogP contribution in [0.5, 0.6) is 0 Å². The van der Waals surface area contributed by atoms with E-state index in [1.807, 2.05) is 54.8 Å². The maximum absolute atomic E-state index is 4.56. The largest absolute Gasteiger partial charge is 0.322 e. The normalized spacial score (nSPS) is 12.8. The van der Waals surface area contributed by atoms with Crippen LogP contribution in [0.1, 0.15) is 25.1 Å². The Bertz CT molecular complexity index is 946. The van der Waals surface area contributed by atoms with E-state index in [1.54, 1.807) is 10.7 Å². The Hall–Kier alpha value is -2.96. The van der Waals surface area contributed by atoms with E-state index >= 15 is 0 Å². The molecule has 1 atom stereocenters. The summed E-state index contributed by atoms with van der Waals surface area (Å²) < 4.78 is 5.84. The molecule has 0 N–H and O–H groups in total. The van der Waals surface area contributed by atoms with Gasteiger partial charge in [-0.25, -0.2) is 14.5 Å². The molecule has 0 spiro atoms. The Kier molecular flexibility index (Phi) is 3.18. The van der Waals surface area contributed by atoms with Gasteiger partial charge in [-0.1, -0.05) is 6.92 Å². The van der Waals surface area contributed by atoms with Crippen molar-refractivity contribution in [3.8, 4) is 11.4 Å². The Morgan fingerprint density at radius 3 is 2.78 bits per heavy atom. The van der Waals surface area contributed by atoms with Crippen LogP contribution in [0.4, 0.5) is 0 Å². The van der Waals surface area contributed by atoms with E-state index in [0.29, 0.717) is 0 Å². The zero-order valence-electron chi connectivity index (χ0n) is 13.0. The molecule has 0 saturated heterocycles. The first-order valence-electron chi connectivity index (χ1n) is 7.59. The molecule has 0 aliphatic rings. The smallest absolute Gasteiger partial charge is 0.165 e. The van der Waals surface area contributed by atoms with Crippen molar-refractivity contribution in [1.82, 2.24) is 33.9 Å². The van der Waals surface area contributed by atoms with E-state index in [1.165, 1.54) is 0 Å². The second-order valence-corrected chi connectivity index (χ2v) is 5.41. The van der Waals surface area contributed by atoms with Gasteiger partial charge in [0.1, 0.15) is 5.82 Å². The van der Waals surface area contributed by atoms with Crippen molar-refractivity contribution in [2.45, 2.75) is 19.4 Å². The maximum atomic E-state index is 4.56. The number of hydrogen-bond acceptors (Lipinski definition) is 4. The number of nitrogens with zero attached hydrogens (tertiary/aromatic N) is 7. The molecule has 4 aromatic rings. The third-order valence-electron chi connectivity index (χ3n) is 4.11. The second-order valence-electron chi connectivity index (χ2n) is 5.41. The minimum absolute atomic E-state index is 0.165. The molecule has 116 valence electrons. The molecule has 4 rings (SSSR count). The van der Waals surface area contributed by atoms with Crippen LogP contribution >= 0.6 is 0 Å². The molecule has 0 aliphatic heterocycles. The third-order valence-corrected chi connectivity index (χ3v) is 4.11. The molecule has 7 heteroatoms. The predicted octanol–water partition coefficient (Wildman–Crippen LogP) is 2.33. The summed E-state index contributed by atoms with van der Waals surface area (Å²) in [7, 11) is 1.96. The summed E-state index contributed by atoms with van der Waals surface area (Å²) in [5, 5.41) is 8.66. The first-order chi connectivity index (χ1) is 11.3. The van der Waals surface area contributed by atoms with Gasteiger partial charge in [0.2, 0.25) is 0 Å². The van der Waals surface area contributed by atoms with E-state index in [-0.39, 0.29) is 6.04 Å². The number of imidazole rings is 1. The van der Waals surface area contributed by atoms with Gasteiger partial charge in [0.05, 0.1) is 23.5 Å². The summed E-state index contributed by atoms with van der Waals surface area (Å²) in [6.45, 7) is 2.16. The van der Waals surface area contributed by atoms with Gasteiger partial charge in [-0.2, -0.15) is 10.2 Å². The summed E-state index contributed by atoms with van der Waals surface area (Å²) in [5.74, 6) is 0.867. The standard InChI is InChI=1S/C16H17N7/c1-3-13(14-5-7-19-21(14)2)22-10-8-18-15(22)12-11-20-23-9-4-6-17-16(12)23/h4-11,13H,3H2,1-2H3. The van der Waals surface area contributed by atoms with Gasteiger partial charge in [0, 0.05) is 38.0 Å². The van der Waals surface area contributed by atoms with Gasteiger partial charge in [-0.05, 0) is 18.6 Å². The minimum atomic E-state index is 0.165. The lowest BCUT2D eigenvalue weighted by Crippen LogP contribution is -2.14. The molecule has 1 unspecified atom stereocenters. The van der Waals surface area contributed by atoms with Crippen LogP contribution in [-0.2, 0) is 7.05 Å². The van der Waals surface area contributed by atoms with Gasteiger partial charge >= 0.3 is 0 Å². The lowest BCUT2D eigenvalue weighted by Gasteiger charge is -2.19. The Balaban J connectivity index is 1.87. The summed E-state index contributed by atoms with van der Waals surface area (Å²) in [4.78, 5) is 8.99. The van der Waals surface area contributed by atoms with Crippen LogP contribution in [0, 0.1) is 0 Å². The van der Waals surface area contributed by atoms with Crippen molar-refractivity contribution in [2.24, 2.45) is 7.05 Å². The Morgan fingerprint density at radius 2 is 2.00 bits per heavy atom. The summed E-state index contributed by atoms with van der Waals surface area (Å²) in [5.41, 5.74) is 2.88.